The summed E-state index contributed by atoms with van der Waals surface area (Å²) in [7, 11) is 0. The van der Waals surface area contributed by atoms with Crippen molar-refractivity contribution < 1.29 is 5.11 Å². The molecule has 0 amide bonds. The lowest BCUT2D eigenvalue weighted by molar-refractivity contribution is 0.190. The zero-order valence-corrected chi connectivity index (χ0v) is 8.51. The number of imidazole rings is 1. The molecule has 1 atom stereocenters. The van der Waals surface area contributed by atoms with E-state index in [4.69, 9.17) is 0 Å². The second-order valence-corrected chi connectivity index (χ2v) is 3.93. The van der Waals surface area contributed by atoms with Crippen LogP contribution in [0.4, 0.5) is 0 Å². The molecule has 1 aromatic carbocycles. The molecule has 2 heterocycles. The molecule has 76 valence electrons. The molecule has 15 heavy (non-hydrogen) atoms. The predicted molar refractivity (Wildman–Crippen MR) is 57.4 cm³/mol. The van der Waals surface area contributed by atoms with Crippen LogP contribution in [0.2, 0.25) is 0 Å². The quantitative estimate of drug-likeness (QED) is 0.652. The Balaban J connectivity index is 2.19. The number of benzene rings is 1. The number of fused-ring (bicyclic) bond motifs is 3. The van der Waals surface area contributed by atoms with E-state index in [1.807, 2.05) is 12.1 Å². The summed E-state index contributed by atoms with van der Waals surface area (Å²) in [4.78, 5) is 4.36. The van der Waals surface area contributed by atoms with Crippen LogP contribution in [0.15, 0.2) is 30.5 Å². The monoisotopic (exact) mass is 200 g/mol. The highest BCUT2D eigenvalue weighted by Gasteiger charge is 2.22. The topological polar surface area (TPSA) is 38.1 Å². The number of rotatable bonds is 1. The van der Waals surface area contributed by atoms with Crippen molar-refractivity contribution in [1.82, 2.24) is 9.55 Å². The van der Waals surface area contributed by atoms with Gasteiger partial charge >= 0.3 is 0 Å². The fraction of sp³-hybridized carbons (Fsp3) is 0.250. The molecule has 3 rings (SSSR count). The van der Waals surface area contributed by atoms with Crippen molar-refractivity contribution in [3.8, 4) is 11.4 Å². The summed E-state index contributed by atoms with van der Waals surface area (Å²) >= 11 is 0. The van der Waals surface area contributed by atoms with Crippen LogP contribution in [-0.4, -0.2) is 14.7 Å². The number of aromatic nitrogens is 2. The van der Waals surface area contributed by atoms with Crippen molar-refractivity contribution in [2.24, 2.45) is 0 Å². The standard InChI is InChI=1S/C12H12N2O/c1-8(15)11-6-13-12-10-5-3-2-4-9(10)7-14(11)12/h2-6,8,15H,7H2,1H3. The molecule has 1 aliphatic rings. The molecule has 0 spiro atoms. The molecule has 3 heteroatoms. The Morgan fingerprint density at radius 1 is 1.40 bits per heavy atom. The van der Waals surface area contributed by atoms with Crippen molar-refractivity contribution in [2.45, 2.75) is 19.6 Å². The third kappa shape index (κ3) is 1.13. The minimum absolute atomic E-state index is 0.458. The Labute approximate surface area is 88.0 Å². The molecule has 1 aliphatic heterocycles. The van der Waals surface area contributed by atoms with E-state index in [9.17, 15) is 5.11 Å². The third-order valence-corrected chi connectivity index (χ3v) is 2.90. The normalized spacial score (nSPS) is 14.8. The van der Waals surface area contributed by atoms with E-state index in [0.29, 0.717) is 0 Å². The van der Waals surface area contributed by atoms with E-state index >= 15 is 0 Å². The number of hydrogen-bond acceptors (Lipinski definition) is 2. The van der Waals surface area contributed by atoms with Crippen LogP contribution < -0.4 is 0 Å². The van der Waals surface area contributed by atoms with E-state index in [2.05, 4.69) is 21.7 Å². The van der Waals surface area contributed by atoms with Crippen LogP contribution in [0.5, 0.6) is 0 Å². The summed E-state index contributed by atoms with van der Waals surface area (Å²) in [5.41, 5.74) is 3.35. The lowest BCUT2D eigenvalue weighted by Crippen LogP contribution is -2.02. The van der Waals surface area contributed by atoms with Gasteiger partial charge in [0.05, 0.1) is 24.5 Å². The Hall–Kier alpha value is -1.61. The molecule has 1 aromatic heterocycles. The minimum atomic E-state index is -0.458. The Morgan fingerprint density at radius 3 is 3.00 bits per heavy atom. The zero-order chi connectivity index (χ0) is 10.4. The molecule has 0 saturated heterocycles. The second-order valence-electron chi connectivity index (χ2n) is 3.93. The Morgan fingerprint density at radius 2 is 2.20 bits per heavy atom. The molecule has 0 fully saturated rings. The fourth-order valence-electron chi connectivity index (χ4n) is 2.15. The van der Waals surface area contributed by atoms with Crippen LogP contribution in [0, 0.1) is 0 Å². The molecular weight excluding hydrogens is 188 g/mol. The number of hydrogen-bond donors (Lipinski definition) is 1. The van der Waals surface area contributed by atoms with E-state index in [1.165, 1.54) is 11.1 Å². The maximum Gasteiger partial charge on any atom is 0.140 e. The first-order valence-corrected chi connectivity index (χ1v) is 5.09. The van der Waals surface area contributed by atoms with Crippen molar-refractivity contribution >= 4 is 0 Å². The highest BCUT2D eigenvalue weighted by molar-refractivity contribution is 5.65. The zero-order valence-electron chi connectivity index (χ0n) is 8.51. The van der Waals surface area contributed by atoms with Crippen molar-refractivity contribution in [3.05, 3.63) is 41.7 Å². The third-order valence-electron chi connectivity index (χ3n) is 2.90. The van der Waals surface area contributed by atoms with Crippen molar-refractivity contribution in [1.29, 1.82) is 0 Å². The highest BCUT2D eigenvalue weighted by atomic mass is 16.3. The maximum atomic E-state index is 9.59. The van der Waals surface area contributed by atoms with E-state index in [-0.39, 0.29) is 0 Å². The van der Waals surface area contributed by atoms with Crippen molar-refractivity contribution in [3.63, 3.8) is 0 Å². The Bertz CT molecular complexity index is 514. The molecule has 1 unspecified atom stereocenters. The first kappa shape index (κ1) is 8.68. The van der Waals surface area contributed by atoms with Crippen LogP contribution in [-0.2, 0) is 6.54 Å². The molecule has 1 N–H and O–H groups in total. The summed E-state index contributed by atoms with van der Waals surface area (Å²) in [5, 5.41) is 9.59. The lowest BCUT2D eigenvalue weighted by Gasteiger charge is -2.06. The Kier molecular flexibility index (Phi) is 1.70. The van der Waals surface area contributed by atoms with Crippen LogP contribution in [0.3, 0.4) is 0 Å². The smallest absolute Gasteiger partial charge is 0.140 e. The molecule has 0 aliphatic carbocycles. The second kappa shape index (κ2) is 2.94. The van der Waals surface area contributed by atoms with Crippen LogP contribution in [0.25, 0.3) is 11.4 Å². The number of aliphatic hydroxyl groups is 1. The number of aliphatic hydroxyl groups excluding tert-OH is 1. The van der Waals surface area contributed by atoms with Gasteiger partial charge in [-0.05, 0) is 12.5 Å². The van der Waals surface area contributed by atoms with Crippen LogP contribution in [0.1, 0.15) is 24.3 Å². The van der Waals surface area contributed by atoms with Gasteiger partial charge in [-0.25, -0.2) is 4.98 Å². The average molecular weight is 200 g/mol. The maximum absolute atomic E-state index is 9.59. The molecule has 0 saturated carbocycles. The molecule has 0 bridgehead atoms. The van der Waals surface area contributed by atoms with E-state index in [1.54, 1.807) is 13.1 Å². The predicted octanol–water partition coefficient (Wildman–Crippen LogP) is 1.97. The largest absolute Gasteiger partial charge is 0.387 e. The van der Waals surface area contributed by atoms with Crippen LogP contribution >= 0.6 is 0 Å². The summed E-state index contributed by atoms with van der Waals surface area (Å²) < 4.78 is 2.08. The van der Waals surface area contributed by atoms with Gasteiger partial charge in [0, 0.05) is 5.56 Å². The average Bonchev–Trinajstić information content (AvgIpc) is 2.74. The van der Waals surface area contributed by atoms with Crippen molar-refractivity contribution in [2.75, 3.05) is 0 Å². The van der Waals surface area contributed by atoms with Gasteiger partial charge in [0.2, 0.25) is 0 Å². The molecule has 2 aromatic rings. The lowest BCUT2D eigenvalue weighted by atomic mass is 10.1. The van der Waals surface area contributed by atoms with Gasteiger partial charge in [-0.1, -0.05) is 24.3 Å². The van der Waals surface area contributed by atoms with Gasteiger partial charge in [0.15, 0.2) is 0 Å². The minimum Gasteiger partial charge on any atom is -0.387 e. The van der Waals surface area contributed by atoms with Gasteiger partial charge < -0.3 is 9.67 Å². The van der Waals surface area contributed by atoms with Gasteiger partial charge in [0.25, 0.3) is 0 Å². The molecule has 3 nitrogen and oxygen atoms in total. The highest BCUT2D eigenvalue weighted by Crippen LogP contribution is 2.32. The SMILES string of the molecule is CC(O)c1cnc2n1Cc1ccccc1-2. The summed E-state index contributed by atoms with van der Waals surface area (Å²) in [6.07, 6.45) is 1.30. The first-order chi connectivity index (χ1) is 7.27. The van der Waals surface area contributed by atoms with Gasteiger partial charge in [-0.15, -0.1) is 0 Å². The first-order valence-electron chi connectivity index (χ1n) is 5.09. The van der Waals surface area contributed by atoms with E-state index < -0.39 is 6.10 Å². The van der Waals surface area contributed by atoms with Gasteiger partial charge in [0.1, 0.15) is 5.82 Å². The summed E-state index contributed by atoms with van der Waals surface area (Å²) in [6.45, 7) is 2.60. The molecule has 0 radical (unpaired) electrons. The van der Waals surface area contributed by atoms with Gasteiger partial charge in [-0.3, -0.25) is 0 Å². The van der Waals surface area contributed by atoms with E-state index in [0.717, 1.165) is 18.1 Å². The number of nitrogens with zero attached hydrogens (tertiary/aromatic N) is 2. The summed E-state index contributed by atoms with van der Waals surface area (Å²) in [6, 6.07) is 8.24. The van der Waals surface area contributed by atoms with Gasteiger partial charge in [-0.2, -0.15) is 0 Å². The fourth-order valence-corrected chi connectivity index (χ4v) is 2.15. The summed E-state index contributed by atoms with van der Waals surface area (Å²) in [5.74, 6) is 0.974. The molecular formula is C12H12N2O.